The molecular weight excluding hydrogens is 236 g/mol. The smallest absolute Gasteiger partial charge is 0.254 e. The Labute approximate surface area is 114 Å². The maximum Gasteiger partial charge on any atom is 0.254 e. The maximum absolute atomic E-state index is 12.6. The van der Waals surface area contributed by atoms with Crippen molar-refractivity contribution in [3.63, 3.8) is 0 Å². The molecule has 1 aromatic carbocycles. The zero-order valence-electron chi connectivity index (χ0n) is 11.2. The van der Waals surface area contributed by atoms with Crippen LogP contribution >= 0.6 is 0 Å². The summed E-state index contributed by atoms with van der Waals surface area (Å²) in [7, 11) is 0. The first-order valence-electron chi connectivity index (χ1n) is 7.45. The maximum atomic E-state index is 12.6. The van der Waals surface area contributed by atoms with Gasteiger partial charge in [-0.15, -0.1) is 0 Å². The number of hydrogen-bond acceptors (Lipinski definition) is 2. The molecule has 1 saturated heterocycles. The molecule has 100 valence electrons. The molecule has 2 bridgehead atoms. The van der Waals surface area contributed by atoms with Crippen LogP contribution in [0.4, 0.5) is 0 Å². The number of piperidine rings is 1. The third-order valence-electron chi connectivity index (χ3n) is 5.01. The van der Waals surface area contributed by atoms with E-state index in [0.717, 1.165) is 37.5 Å². The van der Waals surface area contributed by atoms with Gasteiger partial charge in [-0.2, -0.15) is 0 Å². The van der Waals surface area contributed by atoms with Gasteiger partial charge in [0.25, 0.3) is 5.91 Å². The Bertz CT molecular complexity index is 525. The van der Waals surface area contributed by atoms with Crippen LogP contribution in [0.2, 0.25) is 0 Å². The van der Waals surface area contributed by atoms with Gasteiger partial charge in [-0.05, 0) is 61.4 Å². The number of fused-ring (bicyclic) bond motifs is 3. The summed E-state index contributed by atoms with van der Waals surface area (Å²) in [4.78, 5) is 14.7. The molecule has 0 radical (unpaired) electrons. The van der Waals surface area contributed by atoms with Crippen molar-refractivity contribution in [1.29, 1.82) is 0 Å². The van der Waals surface area contributed by atoms with E-state index in [4.69, 9.17) is 0 Å². The van der Waals surface area contributed by atoms with E-state index in [1.807, 2.05) is 6.07 Å². The SMILES string of the molecule is O=C(c1ccc2c(c1)CNCC2)N1CC2CCC1C2. The lowest BCUT2D eigenvalue weighted by Gasteiger charge is -2.27. The van der Waals surface area contributed by atoms with Gasteiger partial charge in [0, 0.05) is 24.7 Å². The molecule has 2 heterocycles. The molecule has 4 rings (SSSR count). The molecule has 3 heteroatoms. The van der Waals surface area contributed by atoms with Gasteiger partial charge in [0.2, 0.25) is 0 Å². The quantitative estimate of drug-likeness (QED) is 0.833. The summed E-state index contributed by atoms with van der Waals surface area (Å²) in [6.07, 6.45) is 4.85. The summed E-state index contributed by atoms with van der Waals surface area (Å²) < 4.78 is 0. The summed E-state index contributed by atoms with van der Waals surface area (Å²) >= 11 is 0. The molecule has 1 amide bonds. The summed E-state index contributed by atoms with van der Waals surface area (Å²) in [5.74, 6) is 1.02. The number of carbonyl (C=O) groups is 1. The second kappa shape index (κ2) is 4.34. The van der Waals surface area contributed by atoms with Crippen LogP contribution in [-0.4, -0.2) is 29.9 Å². The molecule has 1 aromatic rings. The standard InChI is InChI=1S/C16H20N2O/c19-16(18-10-11-1-4-15(18)7-11)13-3-2-12-5-6-17-9-14(12)8-13/h2-3,8,11,15,17H,1,4-7,9-10H2. The summed E-state index contributed by atoms with van der Waals surface area (Å²) in [5, 5.41) is 3.38. The largest absolute Gasteiger partial charge is 0.335 e. The first-order chi connectivity index (χ1) is 9.31. The predicted molar refractivity (Wildman–Crippen MR) is 74.0 cm³/mol. The number of hydrogen-bond donors (Lipinski definition) is 1. The number of amides is 1. The van der Waals surface area contributed by atoms with Crippen molar-refractivity contribution in [2.75, 3.05) is 13.1 Å². The highest BCUT2D eigenvalue weighted by atomic mass is 16.2. The fourth-order valence-electron chi connectivity index (χ4n) is 3.95. The van der Waals surface area contributed by atoms with Crippen LogP contribution < -0.4 is 5.32 Å². The number of rotatable bonds is 1. The molecule has 2 fully saturated rings. The van der Waals surface area contributed by atoms with Crippen LogP contribution in [0.5, 0.6) is 0 Å². The van der Waals surface area contributed by atoms with E-state index in [0.29, 0.717) is 6.04 Å². The van der Waals surface area contributed by atoms with Crippen molar-refractivity contribution in [2.24, 2.45) is 5.92 Å². The minimum Gasteiger partial charge on any atom is -0.335 e. The van der Waals surface area contributed by atoms with Gasteiger partial charge in [0.15, 0.2) is 0 Å². The monoisotopic (exact) mass is 256 g/mol. The fourth-order valence-corrected chi connectivity index (χ4v) is 3.95. The van der Waals surface area contributed by atoms with E-state index in [9.17, 15) is 4.79 Å². The molecule has 3 nitrogen and oxygen atoms in total. The number of likely N-dealkylation sites (tertiary alicyclic amines) is 1. The van der Waals surface area contributed by atoms with Gasteiger partial charge >= 0.3 is 0 Å². The number of nitrogens with one attached hydrogen (secondary N) is 1. The minimum absolute atomic E-state index is 0.251. The molecule has 1 saturated carbocycles. The van der Waals surface area contributed by atoms with Crippen molar-refractivity contribution in [2.45, 2.75) is 38.3 Å². The molecule has 2 atom stereocenters. The fraction of sp³-hybridized carbons (Fsp3) is 0.562. The van der Waals surface area contributed by atoms with E-state index in [1.165, 1.54) is 30.4 Å². The Kier molecular flexibility index (Phi) is 2.62. The van der Waals surface area contributed by atoms with Crippen LogP contribution in [0.3, 0.4) is 0 Å². The molecule has 1 N–H and O–H groups in total. The van der Waals surface area contributed by atoms with Crippen LogP contribution in [0, 0.1) is 5.92 Å². The third-order valence-corrected chi connectivity index (χ3v) is 5.01. The summed E-state index contributed by atoms with van der Waals surface area (Å²) in [5.41, 5.74) is 3.59. The highest BCUT2D eigenvalue weighted by Gasteiger charge is 2.40. The van der Waals surface area contributed by atoms with Gasteiger partial charge < -0.3 is 10.2 Å². The van der Waals surface area contributed by atoms with Crippen molar-refractivity contribution in [1.82, 2.24) is 10.2 Å². The predicted octanol–water partition coefficient (Wildman–Crippen LogP) is 1.96. The molecule has 0 aromatic heterocycles. The van der Waals surface area contributed by atoms with Crippen LogP contribution in [0.15, 0.2) is 18.2 Å². The van der Waals surface area contributed by atoms with Crippen molar-refractivity contribution >= 4 is 5.91 Å². The Morgan fingerprint density at radius 2 is 2.21 bits per heavy atom. The normalized spacial score (nSPS) is 28.5. The Balaban J connectivity index is 1.60. The molecule has 2 unspecified atom stereocenters. The lowest BCUT2D eigenvalue weighted by molar-refractivity contribution is 0.0703. The van der Waals surface area contributed by atoms with E-state index in [2.05, 4.69) is 22.3 Å². The highest BCUT2D eigenvalue weighted by Crippen LogP contribution is 2.38. The van der Waals surface area contributed by atoms with Gasteiger partial charge in [-0.25, -0.2) is 0 Å². The zero-order valence-corrected chi connectivity index (χ0v) is 11.2. The van der Waals surface area contributed by atoms with Crippen LogP contribution in [0.1, 0.15) is 40.7 Å². The van der Waals surface area contributed by atoms with E-state index >= 15 is 0 Å². The summed E-state index contributed by atoms with van der Waals surface area (Å²) in [6, 6.07) is 6.80. The number of benzene rings is 1. The molecule has 2 aliphatic heterocycles. The molecular formula is C16H20N2O. The Morgan fingerprint density at radius 3 is 3.00 bits per heavy atom. The van der Waals surface area contributed by atoms with Crippen molar-refractivity contribution < 1.29 is 4.79 Å². The van der Waals surface area contributed by atoms with Gasteiger partial charge in [-0.3, -0.25) is 4.79 Å². The first kappa shape index (κ1) is 11.5. The molecule has 19 heavy (non-hydrogen) atoms. The van der Waals surface area contributed by atoms with E-state index < -0.39 is 0 Å². The number of nitrogens with zero attached hydrogens (tertiary/aromatic N) is 1. The summed E-state index contributed by atoms with van der Waals surface area (Å²) in [6.45, 7) is 2.94. The second-order valence-corrected chi connectivity index (χ2v) is 6.20. The third kappa shape index (κ3) is 1.88. The Hall–Kier alpha value is -1.35. The average molecular weight is 256 g/mol. The highest BCUT2D eigenvalue weighted by molar-refractivity contribution is 5.95. The average Bonchev–Trinajstić information content (AvgIpc) is 3.08. The van der Waals surface area contributed by atoms with Gasteiger partial charge in [-0.1, -0.05) is 6.07 Å². The van der Waals surface area contributed by atoms with Crippen LogP contribution in [0.25, 0.3) is 0 Å². The molecule has 3 aliphatic rings. The van der Waals surface area contributed by atoms with Gasteiger partial charge in [0.05, 0.1) is 0 Å². The second-order valence-electron chi connectivity index (χ2n) is 6.20. The van der Waals surface area contributed by atoms with Crippen LogP contribution in [-0.2, 0) is 13.0 Å². The van der Waals surface area contributed by atoms with E-state index in [-0.39, 0.29) is 5.91 Å². The topological polar surface area (TPSA) is 32.3 Å². The van der Waals surface area contributed by atoms with Crippen molar-refractivity contribution in [3.8, 4) is 0 Å². The van der Waals surface area contributed by atoms with Crippen molar-refractivity contribution in [3.05, 3.63) is 34.9 Å². The number of carbonyl (C=O) groups excluding carboxylic acids is 1. The van der Waals surface area contributed by atoms with E-state index in [1.54, 1.807) is 0 Å². The minimum atomic E-state index is 0.251. The lowest BCUT2D eigenvalue weighted by Crippen LogP contribution is -2.37. The Morgan fingerprint density at radius 1 is 1.26 bits per heavy atom. The molecule has 0 spiro atoms. The van der Waals surface area contributed by atoms with Gasteiger partial charge in [0.1, 0.15) is 0 Å². The zero-order chi connectivity index (χ0) is 12.8. The first-order valence-corrected chi connectivity index (χ1v) is 7.45. The lowest BCUT2D eigenvalue weighted by atomic mass is 9.98. The molecule has 1 aliphatic carbocycles.